The molecule has 0 radical (unpaired) electrons. The first kappa shape index (κ1) is 12.2. The summed E-state index contributed by atoms with van der Waals surface area (Å²) < 4.78 is 0.900. The number of amides is 1. The van der Waals surface area contributed by atoms with Gasteiger partial charge in [0.2, 0.25) is 6.21 Å². The third-order valence-corrected chi connectivity index (χ3v) is 4.24. The summed E-state index contributed by atoms with van der Waals surface area (Å²) in [6.45, 7) is 0.523. The Kier molecular flexibility index (Phi) is 3.01. The Hall–Kier alpha value is -1.84. The van der Waals surface area contributed by atoms with Crippen molar-refractivity contribution in [3.8, 4) is 0 Å². The van der Waals surface area contributed by atoms with Crippen LogP contribution in [-0.2, 0) is 11.3 Å². The monoisotopic (exact) mass is 258 g/mol. The molecule has 1 aliphatic carbocycles. The van der Waals surface area contributed by atoms with E-state index in [1.165, 1.54) is 6.21 Å². The minimum atomic E-state index is -0.620. The van der Waals surface area contributed by atoms with Gasteiger partial charge in [0, 0.05) is 12.8 Å². The molecule has 0 aromatic heterocycles. The standard InChI is InChI=1S/C15H18N2O2/c18-14-12-17(19)15(9-5-2-6-10-15)16(14)11-13-7-3-1-4-8-13/h1,3-4,7-8,12H,2,5-6,9-11H2. The lowest BCUT2D eigenvalue weighted by atomic mass is 9.88. The molecule has 1 fully saturated rings. The van der Waals surface area contributed by atoms with Crippen molar-refractivity contribution in [2.75, 3.05) is 0 Å². The maximum absolute atomic E-state index is 12.2. The summed E-state index contributed by atoms with van der Waals surface area (Å²) in [6.07, 6.45) is 5.98. The first-order valence-electron chi connectivity index (χ1n) is 6.89. The highest BCUT2D eigenvalue weighted by Gasteiger charge is 2.52. The smallest absolute Gasteiger partial charge is 0.317 e. The van der Waals surface area contributed by atoms with Gasteiger partial charge in [0.05, 0.1) is 6.54 Å². The third kappa shape index (κ3) is 2.01. The van der Waals surface area contributed by atoms with Crippen molar-refractivity contribution in [1.29, 1.82) is 0 Å². The zero-order valence-corrected chi connectivity index (χ0v) is 10.9. The van der Waals surface area contributed by atoms with Crippen molar-refractivity contribution in [3.05, 3.63) is 41.1 Å². The molecule has 3 rings (SSSR count). The molecule has 1 spiro atoms. The Labute approximate surface area is 112 Å². The molecule has 1 saturated carbocycles. The van der Waals surface area contributed by atoms with Crippen molar-refractivity contribution < 1.29 is 9.53 Å². The van der Waals surface area contributed by atoms with Gasteiger partial charge in [-0.25, -0.2) is 0 Å². The molecule has 0 saturated heterocycles. The first-order valence-corrected chi connectivity index (χ1v) is 6.89. The second-order valence-electron chi connectivity index (χ2n) is 5.41. The van der Waals surface area contributed by atoms with E-state index in [1.807, 2.05) is 30.3 Å². The third-order valence-electron chi connectivity index (χ3n) is 4.24. The van der Waals surface area contributed by atoms with Crippen LogP contribution in [0.5, 0.6) is 0 Å². The van der Waals surface area contributed by atoms with Gasteiger partial charge in [-0.3, -0.25) is 9.69 Å². The molecule has 0 unspecified atom stereocenters. The number of rotatable bonds is 2. The molecule has 0 atom stereocenters. The highest BCUT2D eigenvalue weighted by atomic mass is 16.5. The number of nitrogens with zero attached hydrogens (tertiary/aromatic N) is 2. The fourth-order valence-corrected chi connectivity index (χ4v) is 3.21. The molecule has 0 N–H and O–H groups in total. The summed E-state index contributed by atoms with van der Waals surface area (Å²) in [7, 11) is 0. The Morgan fingerprint density at radius 3 is 2.53 bits per heavy atom. The number of hydrogen-bond acceptors (Lipinski definition) is 2. The number of hydroxylamine groups is 1. The zero-order valence-electron chi connectivity index (χ0n) is 10.9. The van der Waals surface area contributed by atoms with Crippen molar-refractivity contribution >= 4 is 12.1 Å². The van der Waals surface area contributed by atoms with Crippen LogP contribution in [0.4, 0.5) is 0 Å². The normalized spacial score (nSPS) is 21.8. The predicted octanol–water partition coefficient (Wildman–Crippen LogP) is 2.27. The summed E-state index contributed by atoms with van der Waals surface area (Å²) in [5.74, 6) is -0.152. The average molecular weight is 258 g/mol. The van der Waals surface area contributed by atoms with Crippen LogP contribution < -0.4 is 0 Å². The van der Waals surface area contributed by atoms with E-state index in [-0.39, 0.29) is 5.91 Å². The molecule has 1 heterocycles. The number of hydrogen-bond donors (Lipinski definition) is 0. The molecular weight excluding hydrogens is 240 g/mol. The maximum atomic E-state index is 12.2. The lowest BCUT2D eigenvalue weighted by Crippen LogP contribution is -2.52. The van der Waals surface area contributed by atoms with Gasteiger partial charge in [-0.2, -0.15) is 4.74 Å². The molecule has 4 nitrogen and oxygen atoms in total. The zero-order chi connectivity index (χ0) is 13.3. The topological polar surface area (TPSA) is 46.4 Å². The van der Waals surface area contributed by atoms with Crippen LogP contribution in [0.2, 0.25) is 0 Å². The van der Waals surface area contributed by atoms with Gasteiger partial charge in [0.15, 0.2) is 0 Å². The van der Waals surface area contributed by atoms with E-state index < -0.39 is 5.66 Å². The molecule has 4 heteroatoms. The molecule has 19 heavy (non-hydrogen) atoms. The van der Waals surface area contributed by atoms with Gasteiger partial charge < -0.3 is 5.21 Å². The lowest BCUT2D eigenvalue weighted by Gasteiger charge is -2.38. The van der Waals surface area contributed by atoms with Gasteiger partial charge in [0.1, 0.15) is 0 Å². The minimum Gasteiger partial charge on any atom is -0.622 e. The molecule has 1 aromatic carbocycles. The molecule has 2 aliphatic rings. The highest BCUT2D eigenvalue weighted by molar-refractivity contribution is 6.25. The fourth-order valence-electron chi connectivity index (χ4n) is 3.21. The molecule has 100 valence electrons. The first-order chi connectivity index (χ1) is 9.22. The SMILES string of the molecule is O=C1C=[N+]([O-])C2(CCCCC2)N1Cc1ccccc1. The number of benzene rings is 1. The lowest BCUT2D eigenvalue weighted by molar-refractivity contribution is -0.570. The molecular formula is C15H18N2O2. The van der Waals surface area contributed by atoms with E-state index >= 15 is 0 Å². The van der Waals surface area contributed by atoms with Gasteiger partial charge >= 0.3 is 5.91 Å². The van der Waals surface area contributed by atoms with E-state index in [0.29, 0.717) is 6.54 Å². The second-order valence-corrected chi connectivity index (χ2v) is 5.41. The number of carbonyl (C=O) groups is 1. The summed E-state index contributed by atoms with van der Waals surface area (Å²) in [5.41, 5.74) is 0.454. The van der Waals surface area contributed by atoms with Crippen LogP contribution in [0.15, 0.2) is 30.3 Å². The van der Waals surface area contributed by atoms with Crippen LogP contribution in [-0.4, -0.2) is 27.4 Å². The summed E-state index contributed by atoms with van der Waals surface area (Å²) in [6, 6.07) is 9.87. The molecule has 1 amide bonds. The maximum Gasteiger partial charge on any atom is 0.317 e. The predicted molar refractivity (Wildman–Crippen MR) is 72.5 cm³/mol. The van der Waals surface area contributed by atoms with E-state index in [2.05, 4.69) is 0 Å². The van der Waals surface area contributed by atoms with Gasteiger partial charge in [0.25, 0.3) is 5.66 Å². The van der Waals surface area contributed by atoms with E-state index in [1.54, 1.807) is 4.90 Å². The quantitative estimate of drug-likeness (QED) is 0.603. The van der Waals surface area contributed by atoms with Crippen molar-refractivity contribution in [2.24, 2.45) is 0 Å². The molecule has 1 aromatic rings. The average Bonchev–Trinajstić information content (AvgIpc) is 2.66. The minimum absolute atomic E-state index is 0.152. The van der Waals surface area contributed by atoms with E-state index in [4.69, 9.17) is 0 Å². The van der Waals surface area contributed by atoms with Gasteiger partial charge in [-0.1, -0.05) is 36.8 Å². The van der Waals surface area contributed by atoms with Crippen molar-refractivity contribution in [3.63, 3.8) is 0 Å². The van der Waals surface area contributed by atoms with Gasteiger partial charge in [-0.05, 0) is 18.4 Å². The molecule has 0 bridgehead atoms. The summed E-state index contributed by atoms with van der Waals surface area (Å²) >= 11 is 0. The van der Waals surface area contributed by atoms with Crippen molar-refractivity contribution in [2.45, 2.75) is 44.3 Å². The van der Waals surface area contributed by atoms with Crippen molar-refractivity contribution in [1.82, 2.24) is 4.90 Å². The van der Waals surface area contributed by atoms with Crippen LogP contribution in [0.25, 0.3) is 0 Å². The second kappa shape index (κ2) is 4.68. The Morgan fingerprint density at radius 2 is 1.84 bits per heavy atom. The van der Waals surface area contributed by atoms with E-state index in [9.17, 15) is 10.0 Å². The van der Waals surface area contributed by atoms with Crippen LogP contribution >= 0.6 is 0 Å². The van der Waals surface area contributed by atoms with Gasteiger partial charge in [-0.15, -0.1) is 0 Å². The van der Waals surface area contributed by atoms with Crippen LogP contribution in [0.3, 0.4) is 0 Å². The largest absolute Gasteiger partial charge is 0.622 e. The van der Waals surface area contributed by atoms with E-state index in [0.717, 1.165) is 42.4 Å². The van der Waals surface area contributed by atoms with Crippen LogP contribution in [0, 0.1) is 5.21 Å². The molecule has 1 aliphatic heterocycles. The van der Waals surface area contributed by atoms with Crippen LogP contribution in [0.1, 0.15) is 37.7 Å². The Balaban J connectivity index is 1.88. The number of carbonyl (C=O) groups excluding carboxylic acids is 1. The summed E-state index contributed by atoms with van der Waals surface area (Å²) in [5, 5.41) is 12.2. The summed E-state index contributed by atoms with van der Waals surface area (Å²) in [4.78, 5) is 13.8. The Morgan fingerprint density at radius 1 is 1.16 bits per heavy atom. The highest BCUT2D eigenvalue weighted by Crippen LogP contribution is 2.37. The Bertz CT molecular complexity index is 504. The fraction of sp³-hybridized carbons (Fsp3) is 0.467.